The van der Waals surface area contributed by atoms with Gasteiger partial charge in [-0.2, -0.15) is 0 Å². The van der Waals surface area contributed by atoms with Crippen molar-refractivity contribution in [2.24, 2.45) is 0 Å². The van der Waals surface area contributed by atoms with Crippen molar-refractivity contribution in [2.75, 3.05) is 26.1 Å². The molecule has 3 aromatic carbocycles. The van der Waals surface area contributed by atoms with E-state index in [1.54, 1.807) is 26.4 Å². The van der Waals surface area contributed by atoms with E-state index < -0.39 is 11.7 Å². The molecule has 3 aromatic rings. The summed E-state index contributed by atoms with van der Waals surface area (Å²) in [6, 6.07) is 18.0. The van der Waals surface area contributed by atoms with Crippen molar-refractivity contribution in [3.05, 3.63) is 76.9 Å². The molecule has 0 unspecified atom stereocenters. The molecule has 2 heterocycles. The Morgan fingerprint density at radius 3 is 2.28 bits per heavy atom. The first-order valence-corrected chi connectivity index (χ1v) is 10.6. The first-order chi connectivity index (χ1) is 15.6. The second kappa shape index (κ2) is 8.13. The maximum atomic E-state index is 12.0. The van der Waals surface area contributed by atoms with Crippen LogP contribution in [0, 0.1) is 0 Å². The average Bonchev–Trinajstić information content (AvgIpc) is 3.11. The van der Waals surface area contributed by atoms with Gasteiger partial charge in [-0.05, 0) is 58.5 Å². The predicted octanol–water partition coefficient (Wildman–Crippen LogP) is 4.06. The monoisotopic (exact) mass is 428 g/mol. The van der Waals surface area contributed by atoms with Crippen molar-refractivity contribution in [2.45, 2.75) is 19.5 Å². The van der Waals surface area contributed by atoms with Gasteiger partial charge in [0.1, 0.15) is 0 Å². The lowest BCUT2D eigenvalue weighted by Crippen LogP contribution is -2.30. The second-order valence-corrected chi connectivity index (χ2v) is 8.18. The summed E-state index contributed by atoms with van der Waals surface area (Å²) in [4.78, 5) is 26.0. The molecule has 1 N–H and O–H groups in total. The number of hydrogen-bond acceptors (Lipinski definition) is 5. The van der Waals surface area contributed by atoms with E-state index in [1.165, 1.54) is 16.7 Å². The van der Waals surface area contributed by atoms with E-state index in [1.807, 2.05) is 6.07 Å². The molecule has 2 aliphatic rings. The van der Waals surface area contributed by atoms with Crippen LogP contribution in [0.25, 0.3) is 11.1 Å². The zero-order chi connectivity index (χ0) is 22.2. The Labute approximate surface area is 186 Å². The van der Waals surface area contributed by atoms with Crippen LogP contribution < -0.4 is 14.8 Å². The summed E-state index contributed by atoms with van der Waals surface area (Å²) >= 11 is 0. The van der Waals surface area contributed by atoms with E-state index in [2.05, 4.69) is 46.6 Å². The zero-order valence-electron chi connectivity index (χ0n) is 18.1. The molecule has 0 bridgehead atoms. The fraction of sp³-hybridized carbons (Fsp3) is 0.231. The fourth-order valence-corrected chi connectivity index (χ4v) is 4.46. The minimum Gasteiger partial charge on any atom is -0.493 e. The van der Waals surface area contributed by atoms with E-state index in [4.69, 9.17) is 9.47 Å². The highest BCUT2D eigenvalue weighted by Gasteiger charge is 2.28. The van der Waals surface area contributed by atoms with Crippen molar-refractivity contribution >= 4 is 17.4 Å². The van der Waals surface area contributed by atoms with Crippen LogP contribution >= 0.6 is 0 Å². The van der Waals surface area contributed by atoms with Gasteiger partial charge in [0.2, 0.25) is 0 Å². The highest BCUT2D eigenvalue weighted by Crippen LogP contribution is 2.34. The van der Waals surface area contributed by atoms with Crippen LogP contribution in [0.5, 0.6) is 11.5 Å². The van der Waals surface area contributed by atoms with Crippen LogP contribution in [-0.2, 0) is 24.3 Å². The minimum absolute atomic E-state index is 0.440. The molecular weight excluding hydrogens is 404 g/mol. The number of hydrogen-bond donors (Lipinski definition) is 1. The van der Waals surface area contributed by atoms with Crippen LogP contribution in [0.4, 0.5) is 5.69 Å². The summed E-state index contributed by atoms with van der Waals surface area (Å²) in [5, 5.41) is 2.59. The lowest BCUT2D eigenvalue weighted by molar-refractivity contribution is -0.112. The summed E-state index contributed by atoms with van der Waals surface area (Å²) in [7, 11) is 3.33. The molecule has 0 radical (unpaired) electrons. The highest BCUT2D eigenvalue weighted by molar-refractivity contribution is 6.51. The van der Waals surface area contributed by atoms with Crippen molar-refractivity contribution in [1.29, 1.82) is 0 Å². The summed E-state index contributed by atoms with van der Waals surface area (Å²) in [6.07, 6.45) is 0.976. The first kappa shape index (κ1) is 20.3. The molecule has 6 heteroatoms. The maximum absolute atomic E-state index is 12.0. The third-order valence-corrected chi connectivity index (χ3v) is 6.21. The molecule has 2 aliphatic heterocycles. The van der Waals surface area contributed by atoms with Gasteiger partial charge < -0.3 is 14.8 Å². The molecule has 162 valence electrons. The highest BCUT2D eigenvalue weighted by atomic mass is 16.5. The minimum atomic E-state index is -0.563. The number of Topliss-reactive ketones (excluding diaryl/α,β-unsaturated/α-hetero) is 1. The SMILES string of the molecule is COc1cc2c(cc1OC)CN(Cc1ccc(-c3ccc4c(c3)C(=O)C(=O)N4)cc1)CC2. The van der Waals surface area contributed by atoms with E-state index in [0.29, 0.717) is 11.3 Å². The van der Waals surface area contributed by atoms with Crippen LogP contribution in [0.15, 0.2) is 54.6 Å². The van der Waals surface area contributed by atoms with Gasteiger partial charge in [0.25, 0.3) is 11.7 Å². The molecule has 6 nitrogen and oxygen atoms in total. The number of methoxy groups -OCH3 is 2. The second-order valence-electron chi connectivity index (χ2n) is 8.18. The van der Waals surface area contributed by atoms with Gasteiger partial charge in [-0.3, -0.25) is 14.5 Å². The van der Waals surface area contributed by atoms with E-state index in [-0.39, 0.29) is 0 Å². The van der Waals surface area contributed by atoms with Gasteiger partial charge >= 0.3 is 0 Å². The summed E-state index contributed by atoms with van der Waals surface area (Å²) in [6.45, 7) is 2.71. The molecule has 32 heavy (non-hydrogen) atoms. The molecule has 0 spiro atoms. The largest absolute Gasteiger partial charge is 0.493 e. The van der Waals surface area contributed by atoms with E-state index in [0.717, 1.165) is 48.7 Å². The zero-order valence-corrected chi connectivity index (χ0v) is 18.1. The molecule has 0 aromatic heterocycles. The number of carbonyl (C=O) groups excluding carboxylic acids is 2. The summed E-state index contributed by atoms with van der Waals surface area (Å²) in [5.74, 6) is 0.510. The quantitative estimate of drug-likeness (QED) is 0.621. The number of ether oxygens (including phenoxy) is 2. The van der Waals surface area contributed by atoms with Crippen molar-refractivity contribution in [1.82, 2.24) is 4.90 Å². The molecular formula is C26H24N2O4. The predicted molar refractivity (Wildman–Crippen MR) is 122 cm³/mol. The van der Waals surface area contributed by atoms with E-state index in [9.17, 15) is 9.59 Å². The Balaban J connectivity index is 1.30. The molecule has 0 atom stereocenters. The van der Waals surface area contributed by atoms with Gasteiger partial charge in [-0.25, -0.2) is 0 Å². The van der Waals surface area contributed by atoms with E-state index >= 15 is 0 Å². The standard InChI is InChI=1S/C26H24N2O4/c1-31-23-12-19-9-10-28(15-20(19)13-24(23)32-2)14-16-3-5-17(6-4-16)18-7-8-22-21(11-18)25(29)26(30)27-22/h3-8,11-13H,9-10,14-15H2,1-2H3,(H,27,29,30). The van der Waals surface area contributed by atoms with Crippen LogP contribution in [0.2, 0.25) is 0 Å². The summed E-state index contributed by atoms with van der Waals surface area (Å²) < 4.78 is 10.9. The third kappa shape index (κ3) is 3.63. The third-order valence-electron chi connectivity index (χ3n) is 6.21. The van der Waals surface area contributed by atoms with Crippen LogP contribution in [-0.4, -0.2) is 37.4 Å². The normalized spacial score (nSPS) is 15.2. The average molecular weight is 428 g/mol. The van der Waals surface area contributed by atoms with Crippen molar-refractivity contribution in [3.63, 3.8) is 0 Å². The lowest BCUT2D eigenvalue weighted by Gasteiger charge is -2.29. The Morgan fingerprint density at radius 1 is 0.875 bits per heavy atom. The van der Waals surface area contributed by atoms with Crippen LogP contribution in [0.3, 0.4) is 0 Å². The number of benzene rings is 3. The van der Waals surface area contributed by atoms with Gasteiger partial charge in [-0.1, -0.05) is 30.3 Å². The Morgan fingerprint density at radius 2 is 1.56 bits per heavy atom. The number of anilines is 1. The Kier molecular flexibility index (Phi) is 5.15. The molecule has 0 aliphatic carbocycles. The molecule has 1 amide bonds. The number of ketones is 1. The molecule has 0 saturated carbocycles. The maximum Gasteiger partial charge on any atom is 0.296 e. The fourth-order valence-electron chi connectivity index (χ4n) is 4.46. The topological polar surface area (TPSA) is 67.9 Å². The number of rotatable bonds is 5. The van der Waals surface area contributed by atoms with Crippen LogP contribution in [0.1, 0.15) is 27.0 Å². The van der Waals surface area contributed by atoms with Crippen molar-refractivity contribution < 1.29 is 19.1 Å². The number of nitrogens with one attached hydrogen (secondary N) is 1. The number of carbonyl (C=O) groups is 2. The molecule has 0 fully saturated rings. The lowest BCUT2D eigenvalue weighted by atomic mass is 9.97. The Hall–Kier alpha value is -3.64. The molecule has 0 saturated heterocycles. The van der Waals surface area contributed by atoms with Gasteiger partial charge in [-0.15, -0.1) is 0 Å². The smallest absolute Gasteiger partial charge is 0.296 e. The summed E-state index contributed by atoms with van der Waals surface area (Å²) in [5.41, 5.74) is 6.78. The number of fused-ring (bicyclic) bond motifs is 2. The Bertz CT molecular complexity index is 1220. The first-order valence-electron chi connectivity index (χ1n) is 10.6. The van der Waals surface area contributed by atoms with Crippen molar-refractivity contribution in [3.8, 4) is 22.6 Å². The number of amides is 1. The van der Waals surface area contributed by atoms with Gasteiger partial charge in [0.15, 0.2) is 11.5 Å². The van der Waals surface area contributed by atoms with Gasteiger partial charge in [0.05, 0.1) is 25.5 Å². The molecule has 5 rings (SSSR count). The van der Waals surface area contributed by atoms with Gasteiger partial charge in [0, 0.05) is 19.6 Å². The number of nitrogens with zero attached hydrogens (tertiary/aromatic N) is 1.